The molecule has 0 saturated heterocycles. The number of carbonyl (C=O) groups is 1. The zero-order valence-corrected chi connectivity index (χ0v) is 14.7. The van der Waals surface area contributed by atoms with Gasteiger partial charge in [-0.05, 0) is 37.5 Å². The van der Waals surface area contributed by atoms with E-state index in [1.54, 1.807) is 24.3 Å². The third-order valence-electron chi connectivity index (χ3n) is 4.70. The molecule has 1 atom stereocenters. The molecule has 0 saturated carbocycles. The first-order valence-electron chi connectivity index (χ1n) is 8.43. The second-order valence-corrected chi connectivity index (χ2v) is 8.59. The van der Waals surface area contributed by atoms with Crippen LogP contribution < -0.4 is 0 Å². The number of sulfone groups is 1. The summed E-state index contributed by atoms with van der Waals surface area (Å²) in [6, 6.07) is 14.2. The number of aryl methyl sites for hydroxylation is 1. The molecule has 0 fully saturated rings. The highest BCUT2D eigenvalue weighted by molar-refractivity contribution is 7.91. The standard InChI is InChI=1S/C20H22O3S/c1-15-11-13-16(14-12-15)24(22,23)20-10-4-2-3-9-19(21)17-7-5-6-8-18(17)20/h5-8,11-14,20H,2-4,9-10H2,1H3. The molecule has 2 aromatic carbocycles. The van der Waals surface area contributed by atoms with Crippen LogP contribution in [0.3, 0.4) is 0 Å². The van der Waals surface area contributed by atoms with Gasteiger partial charge in [-0.15, -0.1) is 0 Å². The number of Topliss-reactive ketones (excluding diaryl/α,β-unsaturated/α-hetero) is 1. The summed E-state index contributed by atoms with van der Waals surface area (Å²) in [6.45, 7) is 1.93. The zero-order chi connectivity index (χ0) is 17.2. The van der Waals surface area contributed by atoms with Crippen molar-refractivity contribution in [1.82, 2.24) is 0 Å². The quantitative estimate of drug-likeness (QED) is 0.798. The number of benzene rings is 2. The highest BCUT2D eigenvalue weighted by Crippen LogP contribution is 2.36. The molecule has 0 N–H and O–H groups in total. The first-order valence-corrected chi connectivity index (χ1v) is 9.97. The van der Waals surface area contributed by atoms with E-state index in [0.29, 0.717) is 28.9 Å². The van der Waals surface area contributed by atoms with E-state index in [1.165, 1.54) is 0 Å². The zero-order valence-electron chi connectivity index (χ0n) is 13.9. The molecule has 126 valence electrons. The average molecular weight is 342 g/mol. The Balaban J connectivity index is 2.12. The molecule has 0 radical (unpaired) electrons. The van der Waals surface area contributed by atoms with Crippen molar-refractivity contribution in [3.8, 4) is 0 Å². The summed E-state index contributed by atoms with van der Waals surface area (Å²) >= 11 is 0. The Morgan fingerprint density at radius 3 is 2.38 bits per heavy atom. The van der Waals surface area contributed by atoms with Gasteiger partial charge in [-0.3, -0.25) is 4.79 Å². The SMILES string of the molecule is Cc1ccc(S(=O)(=O)C2CCCCCC(=O)c3ccccc32)cc1. The van der Waals surface area contributed by atoms with E-state index in [4.69, 9.17) is 0 Å². The molecule has 3 nitrogen and oxygen atoms in total. The third-order valence-corrected chi connectivity index (χ3v) is 6.87. The maximum Gasteiger partial charge on any atom is 0.185 e. The van der Waals surface area contributed by atoms with Crippen molar-refractivity contribution < 1.29 is 13.2 Å². The molecule has 4 heteroatoms. The Morgan fingerprint density at radius 2 is 1.62 bits per heavy atom. The first-order chi connectivity index (χ1) is 11.5. The molecular weight excluding hydrogens is 320 g/mol. The number of hydrogen-bond donors (Lipinski definition) is 0. The van der Waals surface area contributed by atoms with Gasteiger partial charge in [0.2, 0.25) is 0 Å². The van der Waals surface area contributed by atoms with Gasteiger partial charge in [0, 0.05) is 12.0 Å². The number of carbonyl (C=O) groups excluding carboxylic acids is 1. The number of hydrogen-bond acceptors (Lipinski definition) is 3. The molecule has 2 aromatic rings. The van der Waals surface area contributed by atoms with E-state index >= 15 is 0 Å². The Labute approximate surface area is 143 Å². The van der Waals surface area contributed by atoms with Gasteiger partial charge in [-0.25, -0.2) is 8.42 Å². The van der Waals surface area contributed by atoms with Crippen LogP contribution >= 0.6 is 0 Å². The van der Waals surface area contributed by atoms with Gasteiger partial charge >= 0.3 is 0 Å². The lowest BCUT2D eigenvalue weighted by Crippen LogP contribution is -2.16. The average Bonchev–Trinajstić information content (AvgIpc) is 2.65. The van der Waals surface area contributed by atoms with Crippen LogP contribution in [-0.4, -0.2) is 14.2 Å². The fourth-order valence-corrected chi connectivity index (χ4v) is 5.19. The Bertz CT molecular complexity index is 835. The lowest BCUT2D eigenvalue weighted by atomic mass is 9.98. The fraction of sp³-hybridized carbons (Fsp3) is 0.350. The van der Waals surface area contributed by atoms with Gasteiger partial charge in [0.1, 0.15) is 0 Å². The summed E-state index contributed by atoms with van der Waals surface area (Å²) in [5, 5.41) is -0.654. The predicted molar refractivity (Wildman–Crippen MR) is 95.0 cm³/mol. The van der Waals surface area contributed by atoms with Crippen LogP contribution in [0.2, 0.25) is 0 Å². The minimum absolute atomic E-state index is 0.0524. The maximum atomic E-state index is 13.2. The molecule has 1 unspecified atom stereocenters. The lowest BCUT2D eigenvalue weighted by Gasteiger charge is -2.20. The molecule has 0 aromatic heterocycles. The molecule has 0 amide bonds. The lowest BCUT2D eigenvalue weighted by molar-refractivity contribution is 0.0979. The summed E-state index contributed by atoms with van der Waals surface area (Å²) in [5.41, 5.74) is 2.25. The van der Waals surface area contributed by atoms with Crippen molar-refractivity contribution in [2.45, 2.75) is 49.2 Å². The van der Waals surface area contributed by atoms with Crippen LogP contribution in [0.25, 0.3) is 0 Å². The molecule has 0 aliphatic heterocycles. The molecular formula is C20H22O3S. The molecule has 24 heavy (non-hydrogen) atoms. The second kappa shape index (κ2) is 6.89. The van der Waals surface area contributed by atoms with E-state index in [0.717, 1.165) is 24.8 Å². The van der Waals surface area contributed by atoms with Crippen LogP contribution in [0.15, 0.2) is 53.4 Å². The van der Waals surface area contributed by atoms with E-state index in [1.807, 2.05) is 31.2 Å². The fourth-order valence-electron chi connectivity index (χ4n) is 3.33. The van der Waals surface area contributed by atoms with Crippen LogP contribution in [0.1, 0.15) is 58.8 Å². The molecule has 0 spiro atoms. The number of rotatable bonds is 2. The van der Waals surface area contributed by atoms with Crippen molar-refractivity contribution in [1.29, 1.82) is 0 Å². The largest absolute Gasteiger partial charge is 0.294 e. The number of ketones is 1. The highest BCUT2D eigenvalue weighted by atomic mass is 32.2. The summed E-state index contributed by atoms with van der Waals surface area (Å²) in [7, 11) is -3.52. The minimum Gasteiger partial charge on any atom is -0.294 e. The van der Waals surface area contributed by atoms with Crippen LogP contribution in [0.5, 0.6) is 0 Å². The summed E-state index contributed by atoms with van der Waals surface area (Å²) in [5.74, 6) is 0.0524. The van der Waals surface area contributed by atoms with Gasteiger partial charge in [-0.1, -0.05) is 54.8 Å². The smallest absolute Gasteiger partial charge is 0.185 e. The Hall–Kier alpha value is -1.94. The normalized spacial score (nSPS) is 19.0. The van der Waals surface area contributed by atoms with E-state index < -0.39 is 15.1 Å². The van der Waals surface area contributed by atoms with Crippen LogP contribution in [-0.2, 0) is 9.84 Å². The maximum absolute atomic E-state index is 13.2. The molecule has 1 aliphatic rings. The molecule has 0 bridgehead atoms. The monoisotopic (exact) mass is 342 g/mol. The van der Waals surface area contributed by atoms with Crippen molar-refractivity contribution in [3.05, 3.63) is 65.2 Å². The van der Waals surface area contributed by atoms with E-state index in [9.17, 15) is 13.2 Å². The Morgan fingerprint density at radius 1 is 0.917 bits per heavy atom. The highest BCUT2D eigenvalue weighted by Gasteiger charge is 2.32. The van der Waals surface area contributed by atoms with Gasteiger partial charge < -0.3 is 0 Å². The van der Waals surface area contributed by atoms with Crippen molar-refractivity contribution in [2.24, 2.45) is 0 Å². The van der Waals surface area contributed by atoms with Crippen LogP contribution in [0, 0.1) is 6.92 Å². The molecule has 0 heterocycles. The molecule has 1 aliphatic carbocycles. The number of fused-ring (bicyclic) bond motifs is 1. The minimum atomic E-state index is -3.52. The van der Waals surface area contributed by atoms with Crippen LogP contribution in [0.4, 0.5) is 0 Å². The molecule has 3 rings (SSSR count). The van der Waals surface area contributed by atoms with Gasteiger partial charge in [0.05, 0.1) is 10.1 Å². The first kappa shape index (κ1) is 16.9. The Kier molecular flexibility index (Phi) is 4.86. The predicted octanol–water partition coefficient (Wildman–Crippen LogP) is 4.66. The van der Waals surface area contributed by atoms with E-state index in [2.05, 4.69) is 0 Å². The van der Waals surface area contributed by atoms with Gasteiger partial charge in [0.25, 0.3) is 0 Å². The van der Waals surface area contributed by atoms with E-state index in [-0.39, 0.29) is 5.78 Å². The summed E-state index contributed by atoms with van der Waals surface area (Å²) in [6.07, 6.45) is 3.58. The second-order valence-electron chi connectivity index (χ2n) is 6.46. The third kappa shape index (κ3) is 3.29. The van der Waals surface area contributed by atoms with Gasteiger partial charge in [0.15, 0.2) is 15.6 Å². The van der Waals surface area contributed by atoms with Crippen molar-refractivity contribution >= 4 is 15.6 Å². The topological polar surface area (TPSA) is 51.2 Å². The summed E-state index contributed by atoms with van der Waals surface area (Å²) < 4.78 is 26.5. The van der Waals surface area contributed by atoms with Crippen molar-refractivity contribution in [3.63, 3.8) is 0 Å². The summed E-state index contributed by atoms with van der Waals surface area (Å²) in [4.78, 5) is 12.8. The van der Waals surface area contributed by atoms with Crippen molar-refractivity contribution in [2.75, 3.05) is 0 Å². The van der Waals surface area contributed by atoms with Gasteiger partial charge in [-0.2, -0.15) is 0 Å².